The molecule has 1 aromatic carbocycles. The molecule has 1 amide bonds. The number of carbonyl (C=O) groups is 1. The van der Waals surface area contributed by atoms with Gasteiger partial charge >= 0.3 is 6.18 Å². The first-order chi connectivity index (χ1) is 13.7. The van der Waals surface area contributed by atoms with Gasteiger partial charge in [-0.2, -0.15) is 22.7 Å². The van der Waals surface area contributed by atoms with E-state index in [1.54, 1.807) is 35.7 Å². The van der Waals surface area contributed by atoms with Crippen molar-refractivity contribution in [1.82, 2.24) is 19.6 Å². The second-order valence-electron chi connectivity index (χ2n) is 6.07. The molecule has 11 heteroatoms. The van der Waals surface area contributed by atoms with Gasteiger partial charge in [0.25, 0.3) is 11.7 Å². The van der Waals surface area contributed by atoms with Gasteiger partial charge < -0.3 is 5.32 Å². The van der Waals surface area contributed by atoms with Crippen molar-refractivity contribution in [2.75, 3.05) is 5.32 Å². The molecule has 4 aromatic rings. The second kappa shape index (κ2) is 7.23. The minimum atomic E-state index is -4.70. The topological polar surface area (TPSA) is 72.2 Å². The predicted molar refractivity (Wildman–Crippen MR) is 106 cm³/mol. The van der Waals surface area contributed by atoms with E-state index >= 15 is 0 Å². The lowest BCUT2D eigenvalue weighted by Crippen LogP contribution is -2.16. The molecule has 6 nitrogen and oxygen atoms in total. The van der Waals surface area contributed by atoms with Crippen molar-refractivity contribution >= 4 is 44.6 Å². The van der Waals surface area contributed by atoms with Crippen LogP contribution in [0.1, 0.15) is 21.9 Å². The van der Waals surface area contributed by atoms with E-state index < -0.39 is 23.6 Å². The Morgan fingerprint density at radius 2 is 2.00 bits per heavy atom. The van der Waals surface area contributed by atoms with Crippen LogP contribution in [0.4, 0.5) is 18.9 Å². The summed E-state index contributed by atoms with van der Waals surface area (Å²) in [7, 11) is 0. The number of hydrogen-bond acceptors (Lipinski definition) is 5. The number of anilines is 1. The number of thiophene rings is 1. The molecule has 0 fully saturated rings. The zero-order valence-electron chi connectivity index (χ0n) is 14.7. The van der Waals surface area contributed by atoms with Crippen LogP contribution in [0.15, 0.2) is 46.3 Å². The Morgan fingerprint density at radius 3 is 2.66 bits per heavy atom. The summed E-state index contributed by atoms with van der Waals surface area (Å²) in [5.74, 6) is -1.45. The third-order valence-electron chi connectivity index (χ3n) is 4.00. The lowest BCUT2D eigenvalue weighted by molar-refractivity contribution is -0.142. The van der Waals surface area contributed by atoms with Gasteiger partial charge in [-0.1, -0.05) is 22.0 Å². The average Bonchev–Trinajstić information content (AvgIpc) is 3.32. The number of nitrogens with one attached hydrogen (secondary N) is 1. The van der Waals surface area contributed by atoms with Gasteiger partial charge in [0.2, 0.25) is 5.82 Å². The summed E-state index contributed by atoms with van der Waals surface area (Å²) < 4.78 is 42.1. The van der Waals surface area contributed by atoms with E-state index in [1.165, 1.54) is 11.3 Å². The van der Waals surface area contributed by atoms with Crippen LogP contribution >= 0.6 is 27.3 Å². The Hall–Kier alpha value is -2.79. The lowest BCUT2D eigenvalue weighted by atomic mass is 10.2. The van der Waals surface area contributed by atoms with Gasteiger partial charge in [-0.3, -0.25) is 4.79 Å². The molecule has 0 saturated heterocycles. The average molecular weight is 482 g/mol. The fourth-order valence-corrected chi connectivity index (χ4v) is 3.56. The van der Waals surface area contributed by atoms with Crippen molar-refractivity contribution in [2.24, 2.45) is 0 Å². The van der Waals surface area contributed by atoms with E-state index in [-0.39, 0.29) is 11.5 Å². The van der Waals surface area contributed by atoms with Crippen LogP contribution < -0.4 is 5.32 Å². The van der Waals surface area contributed by atoms with Crippen LogP contribution in [0.25, 0.3) is 16.3 Å². The molecule has 0 aliphatic carbocycles. The molecule has 29 heavy (non-hydrogen) atoms. The predicted octanol–water partition coefficient (Wildman–Crippen LogP) is 5.19. The van der Waals surface area contributed by atoms with E-state index in [0.29, 0.717) is 15.1 Å². The molecule has 0 radical (unpaired) electrons. The molecular formula is C18H11BrF3N5OS. The first-order valence-electron chi connectivity index (χ1n) is 8.19. The summed E-state index contributed by atoms with van der Waals surface area (Å²) in [5, 5.41) is 8.06. The maximum Gasteiger partial charge on any atom is 0.433 e. The van der Waals surface area contributed by atoms with Gasteiger partial charge in [0.1, 0.15) is 0 Å². The molecular weight excluding hydrogens is 471 g/mol. The van der Waals surface area contributed by atoms with Crippen molar-refractivity contribution < 1.29 is 18.0 Å². The number of aryl methyl sites for hydroxylation is 1. The van der Waals surface area contributed by atoms with Gasteiger partial charge in [0, 0.05) is 10.2 Å². The van der Waals surface area contributed by atoms with Crippen molar-refractivity contribution in [2.45, 2.75) is 13.1 Å². The number of benzene rings is 1. The van der Waals surface area contributed by atoms with Crippen LogP contribution in [-0.4, -0.2) is 25.5 Å². The minimum Gasteiger partial charge on any atom is -0.319 e. The summed E-state index contributed by atoms with van der Waals surface area (Å²) in [6.07, 6.45) is -4.70. The first-order valence-corrected chi connectivity index (χ1v) is 9.86. The quantitative estimate of drug-likeness (QED) is 0.436. The van der Waals surface area contributed by atoms with E-state index in [9.17, 15) is 18.0 Å². The number of alkyl halides is 3. The van der Waals surface area contributed by atoms with Gasteiger partial charge in [-0.25, -0.2) is 4.98 Å². The van der Waals surface area contributed by atoms with E-state index in [2.05, 4.69) is 36.3 Å². The van der Waals surface area contributed by atoms with E-state index in [0.717, 1.165) is 16.1 Å². The van der Waals surface area contributed by atoms with Crippen LogP contribution in [0.2, 0.25) is 0 Å². The number of rotatable bonds is 3. The summed E-state index contributed by atoms with van der Waals surface area (Å²) in [6, 6.07) is 9.38. The van der Waals surface area contributed by atoms with E-state index in [4.69, 9.17) is 0 Å². The standard InChI is InChI=1S/C18H11BrF3N5OS/c1-9-7-10(4-5-11(9)19)23-16(28)15-25-17-24-12(13-3-2-6-29-13)8-14(18(20,21)22)27(17)26-15/h2-8H,1H3,(H,23,28). The molecule has 0 unspecified atom stereocenters. The normalized spacial score (nSPS) is 11.8. The summed E-state index contributed by atoms with van der Waals surface area (Å²) >= 11 is 4.61. The third kappa shape index (κ3) is 3.87. The van der Waals surface area contributed by atoms with Gasteiger partial charge in [-0.05, 0) is 48.2 Å². The van der Waals surface area contributed by atoms with Crippen molar-refractivity contribution in [1.29, 1.82) is 0 Å². The SMILES string of the molecule is Cc1cc(NC(=O)c2nc3nc(-c4cccs4)cc(C(F)(F)F)n3n2)ccc1Br. The molecule has 1 N–H and O–H groups in total. The van der Waals surface area contributed by atoms with Crippen molar-refractivity contribution in [3.63, 3.8) is 0 Å². The highest BCUT2D eigenvalue weighted by molar-refractivity contribution is 9.10. The maximum atomic E-state index is 13.6. The molecule has 0 bridgehead atoms. The third-order valence-corrected chi connectivity index (χ3v) is 5.78. The first kappa shape index (κ1) is 19.5. The highest BCUT2D eigenvalue weighted by atomic mass is 79.9. The lowest BCUT2D eigenvalue weighted by Gasteiger charge is -2.09. The number of carbonyl (C=O) groups excluding carboxylic acids is 1. The van der Waals surface area contributed by atoms with Gasteiger partial charge in [0.15, 0.2) is 5.69 Å². The van der Waals surface area contributed by atoms with Crippen LogP contribution in [-0.2, 0) is 6.18 Å². The highest BCUT2D eigenvalue weighted by Gasteiger charge is 2.36. The Balaban J connectivity index is 1.76. The van der Waals surface area contributed by atoms with Crippen LogP contribution in [0.5, 0.6) is 0 Å². The summed E-state index contributed by atoms with van der Waals surface area (Å²) in [6.45, 7) is 1.84. The molecule has 148 valence electrons. The van der Waals surface area contributed by atoms with Crippen LogP contribution in [0, 0.1) is 6.92 Å². The Morgan fingerprint density at radius 1 is 1.21 bits per heavy atom. The zero-order chi connectivity index (χ0) is 20.8. The smallest absolute Gasteiger partial charge is 0.319 e. The fraction of sp³-hybridized carbons (Fsp3) is 0.111. The van der Waals surface area contributed by atoms with Crippen molar-refractivity contribution in [3.05, 3.63) is 63.3 Å². The summed E-state index contributed by atoms with van der Waals surface area (Å²) in [4.78, 5) is 21.1. The largest absolute Gasteiger partial charge is 0.433 e. The highest BCUT2D eigenvalue weighted by Crippen LogP contribution is 2.33. The molecule has 0 atom stereocenters. The molecule has 3 aromatic heterocycles. The van der Waals surface area contributed by atoms with Gasteiger partial charge in [0.05, 0.1) is 10.6 Å². The fourth-order valence-electron chi connectivity index (χ4n) is 2.63. The van der Waals surface area contributed by atoms with Gasteiger partial charge in [-0.15, -0.1) is 16.4 Å². The van der Waals surface area contributed by atoms with Crippen LogP contribution in [0.3, 0.4) is 0 Å². The number of fused-ring (bicyclic) bond motifs is 1. The number of hydrogen-bond donors (Lipinski definition) is 1. The van der Waals surface area contributed by atoms with Crippen molar-refractivity contribution in [3.8, 4) is 10.6 Å². The Labute approximate surface area is 174 Å². The Bertz CT molecular complexity index is 1220. The molecule has 0 aliphatic rings. The molecule has 0 aliphatic heterocycles. The number of aromatic nitrogens is 4. The zero-order valence-corrected chi connectivity index (χ0v) is 17.1. The number of halogens is 4. The molecule has 0 spiro atoms. The Kier molecular flexibility index (Phi) is 4.87. The molecule has 4 rings (SSSR count). The second-order valence-corrected chi connectivity index (χ2v) is 7.87. The number of amides is 1. The maximum absolute atomic E-state index is 13.6. The van der Waals surface area contributed by atoms with E-state index in [1.807, 2.05) is 6.92 Å². The number of nitrogens with zero attached hydrogens (tertiary/aromatic N) is 4. The molecule has 3 heterocycles. The minimum absolute atomic E-state index is 0.114. The monoisotopic (exact) mass is 481 g/mol. The summed E-state index contributed by atoms with van der Waals surface area (Å²) in [5.41, 5.74) is 0.407. The molecule has 0 saturated carbocycles.